The summed E-state index contributed by atoms with van der Waals surface area (Å²) in [6.45, 7) is 4.51. The Hall–Kier alpha value is -1.57. The average molecular weight is 371 g/mol. The highest BCUT2D eigenvalue weighted by molar-refractivity contribution is 5.16. The molecule has 2 nitrogen and oxygen atoms in total. The van der Waals surface area contributed by atoms with Crippen LogP contribution in [0.3, 0.4) is 0 Å². The molecule has 0 bridgehead atoms. The largest absolute Gasteiger partial charge is 0.365 e. The molecule has 0 aromatic carbocycles. The highest BCUT2D eigenvalue weighted by Gasteiger charge is 1.98. The second-order valence-electron chi connectivity index (χ2n) is 7.55. The van der Waals surface area contributed by atoms with Crippen molar-refractivity contribution in [2.75, 3.05) is 0 Å². The molecule has 2 aromatic heterocycles. The van der Waals surface area contributed by atoms with Crippen LogP contribution in [-0.4, -0.2) is 9.97 Å². The van der Waals surface area contributed by atoms with E-state index in [0.29, 0.717) is 0 Å². The number of aryl methyl sites for hydroxylation is 2. The SMILES string of the molecule is CCCCCCCCCCCCCCc1cc(CC)c[nH]1.c1ccncc1. The first-order valence-electron chi connectivity index (χ1n) is 11.4. The number of hydrogen-bond acceptors (Lipinski definition) is 1. The lowest BCUT2D eigenvalue weighted by molar-refractivity contribution is 0.543. The molecule has 0 amide bonds. The molecule has 0 radical (unpaired) electrons. The molecule has 1 N–H and O–H groups in total. The van der Waals surface area contributed by atoms with Gasteiger partial charge in [-0.15, -0.1) is 0 Å². The number of unbranched alkanes of at least 4 members (excludes halogenated alkanes) is 11. The van der Waals surface area contributed by atoms with Crippen LogP contribution in [0.15, 0.2) is 42.9 Å². The molecule has 0 unspecified atom stereocenters. The summed E-state index contributed by atoms with van der Waals surface area (Å²) in [6.07, 6.45) is 25.2. The lowest BCUT2D eigenvalue weighted by Crippen LogP contribution is -1.86. The molecule has 0 saturated heterocycles. The fraction of sp³-hybridized carbons (Fsp3) is 0.640. The summed E-state index contributed by atoms with van der Waals surface area (Å²) in [7, 11) is 0. The first kappa shape index (κ1) is 23.5. The zero-order valence-electron chi connectivity index (χ0n) is 17.9. The minimum absolute atomic E-state index is 1.15. The highest BCUT2D eigenvalue weighted by atomic mass is 14.7. The lowest BCUT2D eigenvalue weighted by atomic mass is 10.0. The molecule has 0 fully saturated rings. The summed E-state index contributed by atoms with van der Waals surface area (Å²) < 4.78 is 0. The summed E-state index contributed by atoms with van der Waals surface area (Å²) >= 11 is 0. The van der Waals surface area contributed by atoms with Crippen LogP contribution in [0.5, 0.6) is 0 Å². The van der Waals surface area contributed by atoms with Crippen LogP contribution in [0.2, 0.25) is 0 Å². The molecule has 2 aromatic rings. The summed E-state index contributed by atoms with van der Waals surface area (Å²) in [5, 5.41) is 0. The Morgan fingerprint density at radius 1 is 0.704 bits per heavy atom. The molecule has 0 saturated carbocycles. The molecule has 0 spiro atoms. The van der Waals surface area contributed by atoms with Crippen molar-refractivity contribution in [1.29, 1.82) is 0 Å². The molecular formula is C25H42N2. The van der Waals surface area contributed by atoms with Crippen LogP contribution in [0.1, 0.15) is 102 Å². The van der Waals surface area contributed by atoms with Gasteiger partial charge in [0, 0.05) is 24.3 Å². The van der Waals surface area contributed by atoms with Gasteiger partial charge in [0.05, 0.1) is 0 Å². The Labute approximate surface area is 168 Å². The van der Waals surface area contributed by atoms with E-state index in [-0.39, 0.29) is 0 Å². The molecule has 2 heteroatoms. The van der Waals surface area contributed by atoms with Crippen molar-refractivity contribution in [2.24, 2.45) is 0 Å². The van der Waals surface area contributed by atoms with Gasteiger partial charge in [0.1, 0.15) is 0 Å². The van der Waals surface area contributed by atoms with Crippen molar-refractivity contribution < 1.29 is 0 Å². The van der Waals surface area contributed by atoms with E-state index in [4.69, 9.17) is 0 Å². The topological polar surface area (TPSA) is 28.7 Å². The van der Waals surface area contributed by atoms with Crippen molar-refractivity contribution in [3.05, 3.63) is 54.1 Å². The van der Waals surface area contributed by atoms with E-state index in [1.165, 1.54) is 94.7 Å². The maximum atomic E-state index is 3.78. The quantitative estimate of drug-likeness (QED) is 0.336. The Morgan fingerprint density at radius 3 is 1.67 bits per heavy atom. The van der Waals surface area contributed by atoms with Gasteiger partial charge in [-0.1, -0.05) is 90.5 Å². The zero-order chi connectivity index (χ0) is 19.4. The van der Waals surface area contributed by atoms with Crippen molar-refractivity contribution in [3.8, 4) is 0 Å². The Balaban J connectivity index is 0.000000511. The van der Waals surface area contributed by atoms with E-state index in [1.807, 2.05) is 18.2 Å². The minimum Gasteiger partial charge on any atom is -0.365 e. The number of nitrogens with zero attached hydrogens (tertiary/aromatic N) is 1. The fourth-order valence-electron chi connectivity index (χ4n) is 3.31. The molecule has 0 aliphatic rings. The average Bonchev–Trinajstić information content (AvgIpc) is 3.19. The normalized spacial score (nSPS) is 10.4. The second kappa shape index (κ2) is 17.8. The Kier molecular flexibility index (Phi) is 15.5. The Bertz CT molecular complexity index is 491. The number of nitrogens with one attached hydrogen (secondary N) is 1. The summed E-state index contributed by atoms with van der Waals surface area (Å²) in [5.74, 6) is 0. The third kappa shape index (κ3) is 14.2. The van der Waals surface area contributed by atoms with Crippen LogP contribution in [-0.2, 0) is 12.8 Å². The molecule has 0 aliphatic heterocycles. The van der Waals surface area contributed by atoms with Crippen molar-refractivity contribution in [1.82, 2.24) is 9.97 Å². The predicted molar refractivity (Wildman–Crippen MR) is 119 cm³/mol. The van der Waals surface area contributed by atoms with Gasteiger partial charge in [0.2, 0.25) is 0 Å². The maximum absolute atomic E-state index is 3.78. The number of aromatic nitrogens is 2. The molecule has 0 atom stereocenters. The van der Waals surface area contributed by atoms with Crippen LogP contribution in [0, 0.1) is 0 Å². The van der Waals surface area contributed by atoms with E-state index < -0.39 is 0 Å². The van der Waals surface area contributed by atoms with Gasteiger partial charge in [-0.05, 0) is 43.0 Å². The third-order valence-corrected chi connectivity index (χ3v) is 5.08. The molecule has 2 heterocycles. The van der Waals surface area contributed by atoms with Gasteiger partial charge < -0.3 is 4.98 Å². The monoisotopic (exact) mass is 370 g/mol. The van der Waals surface area contributed by atoms with E-state index in [0.717, 1.165) is 6.42 Å². The predicted octanol–water partition coefficient (Wildman–Crippen LogP) is 7.90. The third-order valence-electron chi connectivity index (χ3n) is 5.08. The summed E-state index contributed by atoms with van der Waals surface area (Å²) in [6, 6.07) is 8.05. The van der Waals surface area contributed by atoms with Gasteiger partial charge in [-0.25, -0.2) is 0 Å². The maximum Gasteiger partial charge on any atom is 0.0267 e. The molecule has 2 rings (SSSR count). The summed E-state index contributed by atoms with van der Waals surface area (Å²) in [5.41, 5.74) is 2.88. The van der Waals surface area contributed by atoms with Crippen LogP contribution >= 0.6 is 0 Å². The lowest BCUT2D eigenvalue weighted by Gasteiger charge is -2.02. The van der Waals surface area contributed by atoms with E-state index in [1.54, 1.807) is 12.4 Å². The standard InChI is InChI=1S/C20H37N.C5H5N/c1-3-5-6-7-8-9-10-11-12-13-14-15-16-20-17-19(4-2)18-21-20;1-2-4-6-5-3-1/h17-18,21H,3-16H2,1-2H3;1-5H. The van der Waals surface area contributed by atoms with Gasteiger partial charge in [-0.2, -0.15) is 0 Å². The van der Waals surface area contributed by atoms with Crippen LogP contribution < -0.4 is 0 Å². The molecule has 152 valence electrons. The number of pyridine rings is 1. The van der Waals surface area contributed by atoms with Crippen LogP contribution in [0.4, 0.5) is 0 Å². The number of hydrogen-bond donors (Lipinski definition) is 1. The van der Waals surface area contributed by atoms with Crippen molar-refractivity contribution >= 4 is 0 Å². The second-order valence-corrected chi connectivity index (χ2v) is 7.55. The zero-order valence-corrected chi connectivity index (χ0v) is 17.9. The first-order chi connectivity index (χ1) is 13.4. The summed E-state index contributed by atoms with van der Waals surface area (Å²) in [4.78, 5) is 7.18. The highest BCUT2D eigenvalue weighted by Crippen LogP contribution is 2.13. The van der Waals surface area contributed by atoms with Crippen LogP contribution in [0.25, 0.3) is 0 Å². The molecule has 27 heavy (non-hydrogen) atoms. The Morgan fingerprint density at radius 2 is 1.26 bits per heavy atom. The van der Waals surface area contributed by atoms with E-state index in [2.05, 4.69) is 36.1 Å². The first-order valence-corrected chi connectivity index (χ1v) is 11.4. The fourth-order valence-corrected chi connectivity index (χ4v) is 3.31. The molecule has 0 aliphatic carbocycles. The van der Waals surface area contributed by atoms with Crippen molar-refractivity contribution in [2.45, 2.75) is 104 Å². The minimum atomic E-state index is 1.15. The van der Waals surface area contributed by atoms with E-state index >= 15 is 0 Å². The van der Waals surface area contributed by atoms with Crippen molar-refractivity contribution in [3.63, 3.8) is 0 Å². The molecular weight excluding hydrogens is 328 g/mol. The number of H-pyrrole nitrogens is 1. The smallest absolute Gasteiger partial charge is 0.0267 e. The van der Waals surface area contributed by atoms with Gasteiger partial charge in [0.25, 0.3) is 0 Å². The van der Waals surface area contributed by atoms with Gasteiger partial charge in [0.15, 0.2) is 0 Å². The number of rotatable bonds is 14. The van der Waals surface area contributed by atoms with E-state index in [9.17, 15) is 0 Å². The van der Waals surface area contributed by atoms with Gasteiger partial charge >= 0.3 is 0 Å². The number of aromatic amines is 1. The van der Waals surface area contributed by atoms with Gasteiger partial charge in [-0.3, -0.25) is 4.98 Å².